The molecule has 82 valence electrons. The third-order valence-corrected chi connectivity index (χ3v) is 3.00. The zero-order valence-electron chi connectivity index (χ0n) is 9.96. The summed E-state index contributed by atoms with van der Waals surface area (Å²) in [6, 6.07) is 0. The molecule has 0 aliphatic heterocycles. The molecule has 2 unspecified atom stereocenters. The molecule has 0 aromatic carbocycles. The van der Waals surface area contributed by atoms with Crippen LogP contribution in [0.2, 0.25) is 0 Å². The van der Waals surface area contributed by atoms with Crippen molar-refractivity contribution < 1.29 is 9.15 Å². The minimum absolute atomic E-state index is 0.440. The van der Waals surface area contributed by atoms with Gasteiger partial charge in [0.1, 0.15) is 0 Å². The van der Waals surface area contributed by atoms with Gasteiger partial charge in [-0.05, 0) is 5.92 Å². The van der Waals surface area contributed by atoms with E-state index in [0.717, 1.165) is 11.5 Å². The average Bonchev–Trinajstić information content (AvgIpc) is 2.01. The molecule has 2 heteroatoms. The molecule has 0 saturated heterocycles. The molecule has 2 nitrogen and oxygen atoms in total. The molecule has 1 rings (SSSR count). The van der Waals surface area contributed by atoms with E-state index < -0.39 is 0 Å². The summed E-state index contributed by atoms with van der Waals surface area (Å²) >= 11 is 0. The molecule has 0 bridgehead atoms. The van der Waals surface area contributed by atoms with Gasteiger partial charge in [0.05, 0.1) is 0 Å². The summed E-state index contributed by atoms with van der Waals surface area (Å²) in [5.41, 5.74) is 0. The second-order valence-corrected chi connectivity index (χ2v) is 4.60. The van der Waals surface area contributed by atoms with Crippen LogP contribution in [0.15, 0.2) is 9.15 Å². The van der Waals surface area contributed by atoms with Gasteiger partial charge in [-0.15, -0.1) is 0 Å². The summed E-state index contributed by atoms with van der Waals surface area (Å²) < 4.78 is 10.1. The maximum absolute atomic E-state index is 5.11. The molecular weight excluding hydrogens is 176 g/mol. The summed E-state index contributed by atoms with van der Waals surface area (Å²) in [4.78, 5) is 0. The van der Waals surface area contributed by atoms with E-state index in [0.29, 0.717) is 17.8 Å². The van der Waals surface area contributed by atoms with Crippen LogP contribution >= 0.6 is 0 Å². The van der Waals surface area contributed by atoms with Crippen molar-refractivity contribution in [3.8, 4) is 0 Å². The molecule has 0 radical (unpaired) electrons. The topological polar surface area (TPSA) is 26.3 Å². The lowest BCUT2D eigenvalue weighted by molar-refractivity contribution is -0.0449. The zero-order chi connectivity index (χ0) is 10.7. The van der Waals surface area contributed by atoms with Crippen molar-refractivity contribution in [3.63, 3.8) is 0 Å². The van der Waals surface area contributed by atoms with Crippen LogP contribution in [0, 0.1) is 5.92 Å². The minimum atomic E-state index is 0.440. The first-order valence-corrected chi connectivity index (χ1v) is 5.66. The van der Waals surface area contributed by atoms with Crippen molar-refractivity contribution in [1.29, 1.82) is 0 Å². The van der Waals surface area contributed by atoms with E-state index in [1.54, 1.807) is 0 Å². The molecule has 14 heavy (non-hydrogen) atoms. The summed E-state index contributed by atoms with van der Waals surface area (Å²) in [7, 11) is 0. The Morgan fingerprint density at radius 1 is 1.00 bits per heavy atom. The molecular formula is C12H22O2. The number of hydrogen-bond acceptors (Lipinski definition) is 2. The monoisotopic (exact) mass is 198 g/mol. The van der Waals surface area contributed by atoms with Crippen molar-refractivity contribution in [3.05, 3.63) is 11.5 Å². The van der Waals surface area contributed by atoms with E-state index in [1.165, 1.54) is 12.8 Å². The number of hydrogen-bond donors (Lipinski definition) is 0. The Bertz CT molecular complexity index is 257. The average molecular weight is 198 g/mol. The normalized spacial score (nSPS) is 16.1. The van der Waals surface area contributed by atoms with Crippen molar-refractivity contribution in [1.82, 2.24) is 0 Å². The third-order valence-electron chi connectivity index (χ3n) is 3.00. The Balaban J connectivity index is 2.62. The molecule has 0 saturated carbocycles. The lowest BCUT2D eigenvalue weighted by Gasteiger charge is -2.21. The predicted octanol–water partition coefficient (Wildman–Crippen LogP) is 4.54. The molecule has 1 aromatic rings. The lowest BCUT2D eigenvalue weighted by atomic mass is 9.87. The van der Waals surface area contributed by atoms with Gasteiger partial charge in [0.25, 0.3) is 0 Å². The Hall–Kier alpha value is -0.660. The van der Waals surface area contributed by atoms with Crippen LogP contribution in [0.1, 0.15) is 70.8 Å². The van der Waals surface area contributed by atoms with Crippen LogP contribution in [0.25, 0.3) is 0 Å². The number of rotatable bonds is 5. The maximum atomic E-state index is 5.11. The van der Waals surface area contributed by atoms with Gasteiger partial charge in [0.2, 0.25) is 11.5 Å². The van der Waals surface area contributed by atoms with E-state index in [9.17, 15) is 0 Å². The quantitative estimate of drug-likeness (QED) is 0.649. The minimum Gasteiger partial charge on any atom is -0.291 e. The first-order valence-electron chi connectivity index (χ1n) is 5.66. The summed E-state index contributed by atoms with van der Waals surface area (Å²) in [6.07, 6.45) is 2.48. The zero-order valence-corrected chi connectivity index (χ0v) is 9.96. The van der Waals surface area contributed by atoms with Gasteiger partial charge in [-0.3, -0.25) is 9.15 Å². The molecule has 0 N–H and O–H groups in total. The lowest BCUT2D eigenvalue weighted by Crippen LogP contribution is -2.11. The van der Waals surface area contributed by atoms with Gasteiger partial charge in [-0.25, -0.2) is 0 Å². The Kier molecular flexibility index (Phi) is 3.85. The first-order chi connectivity index (χ1) is 6.57. The van der Waals surface area contributed by atoms with Gasteiger partial charge < -0.3 is 0 Å². The standard InChI is InChI=1S/C12H22O2/c1-6-7-9(4)10(5)12-11(8(2)3)13-14-12/h8-10H,6-7H2,1-5H3. The summed E-state index contributed by atoms with van der Waals surface area (Å²) in [5.74, 6) is 3.71. The highest BCUT2D eigenvalue weighted by Crippen LogP contribution is 2.35. The molecule has 0 aliphatic rings. The highest BCUT2D eigenvalue weighted by atomic mass is 17.0. The fraction of sp³-hybridized carbons (Fsp3) is 0.833. The second kappa shape index (κ2) is 4.72. The predicted molar refractivity (Wildman–Crippen MR) is 57.6 cm³/mol. The highest BCUT2D eigenvalue weighted by Gasteiger charge is 2.27. The first kappa shape index (κ1) is 11.4. The summed E-state index contributed by atoms with van der Waals surface area (Å²) in [5, 5.41) is 0. The molecule has 1 heterocycles. The molecule has 2 atom stereocenters. The summed E-state index contributed by atoms with van der Waals surface area (Å²) in [6.45, 7) is 11.0. The van der Waals surface area contributed by atoms with Crippen LogP contribution in [-0.4, -0.2) is 0 Å². The Morgan fingerprint density at radius 2 is 1.57 bits per heavy atom. The van der Waals surface area contributed by atoms with Gasteiger partial charge in [-0.1, -0.05) is 47.5 Å². The van der Waals surface area contributed by atoms with Crippen molar-refractivity contribution in [2.75, 3.05) is 0 Å². The highest BCUT2D eigenvalue weighted by molar-refractivity contribution is 5.13. The maximum Gasteiger partial charge on any atom is 0.201 e. The molecule has 0 spiro atoms. The van der Waals surface area contributed by atoms with Crippen molar-refractivity contribution in [2.24, 2.45) is 5.92 Å². The van der Waals surface area contributed by atoms with E-state index in [-0.39, 0.29) is 0 Å². The third kappa shape index (κ3) is 2.23. The van der Waals surface area contributed by atoms with Gasteiger partial charge in [0.15, 0.2) is 0 Å². The van der Waals surface area contributed by atoms with Crippen LogP contribution in [0.3, 0.4) is 0 Å². The Labute approximate surface area is 86.6 Å². The fourth-order valence-corrected chi connectivity index (χ4v) is 1.78. The van der Waals surface area contributed by atoms with E-state index >= 15 is 0 Å². The van der Waals surface area contributed by atoms with Crippen LogP contribution in [-0.2, 0) is 0 Å². The van der Waals surface area contributed by atoms with Crippen molar-refractivity contribution >= 4 is 0 Å². The fourth-order valence-electron chi connectivity index (χ4n) is 1.78. The molecule has 1 aromatic heterocycles. The van der Waals surface area contributed by atoms with Crippen LogP contribution < -0.4 is 0 Å². The largest absolute Gasteiger partial charge is 0.291 e. The van der Waals surface area contributed by atoms with Gasteiger partial charge >= 0.3 is 0 Å². The SMILES string of the molecule is CCCC(C)C(C)c1ooc1C(C)C. The molecule has 0 amide bonds. The second-order valence-electron chi connectivity index (χ2n) is 4.60. The molecule has 0 aliphatic carbocycles. The van der Waals surface area contributed by atoms with E-state index in [4.69, 9.17) is 9.15 Å². The van der Waals surface area contributed by atoms with Gasteiger partial charge in [-0.2, -0.15) is 0 Å². The van der Waals surface area contributed by atoms with E-state index in [2.05, 4.69) is 34.6 Å². The van der Waals surface area contributed by atoms with E-state index in [1.807, 2.05) is 0 Å². The van der Waals surface area contributed by atoms with Crippen LogP contribution in [0.4, 0.5) is 0 Å². The smallest absolute Gasteiger partial charge is 0.201 e. The van der Waals surface area contributed by atoms with Crippen molar-refractivity contribution in [2.45, 2.75) is 59.3 Å². The van der Waals surface area contributed by atoms with Crippen LogP contribution in [0.5, 0.6) is 0 Å². The Morgan fingerprint density at radius 3 is 1.93 bits per heavy atom. The van der Waals surface area contributed by atoms with Gasteiger partial charge in [0, 0.05) is 11.8 Å². The molecule has 0 fully saturated rings.